The maximum absolute atomic E-state index is 11.9. The first-order chi connectivity index (χ1) is 13.6. The van der Waals surface area contributed by atoms with E-state index in [9.17, 15) is 9.59 Å². The summed E-state index contributed by atoms with van der Waals surface area (Å²) in [6, 6.07) is 10.2. The molecule has 0 aliphatic rings. The number of carbonyl (C=O) groups is 1. The lowest BCUT2D eigenvalue weighted by atomic mass is 10.1. The minimum absolute atomic E-state index is 0.146. The smallest absolute Gasteiger partial charge is 0.344 e. The first kappa shape index (κ1) is 17.9. The summed E-state index contributed by atoms with van der Waals surface area (Å²) in [5.74, 6) is 0.433. The lowest BCUT2D eigenvalue weighted by Gasteiger charge is -2.07. The third-order valence-corrected chi connectivity index (χ3v) is 4.71. The zero-order valence-electron chi connectivity index (χ0n) is 14.7. The molecule has 4 rings (SSSR count). The Kier molecular flexibility index (Phi) is 4.90. The molecule has 8 nitrogen and oxygen atoms in total. The van der Waals surface area contributed by atoms with Crippen molar-refractivity contribution in [2.24, 2.45) is 0 Å². The summed E-state index contributed by atoms with van der Waals surface area (Å²) in [5, 5.41) is 6.54. The SMILES string of the molecule is Cc1cc(=O)oc2cc(OCC(=O)OCc3nc(-c4cccs4)no3)ccc12. The molecule has 0 saturated carbocycles. The van der Waals surface area contributed by atoms with E-state index in [4.69, 9.17) is 18.4 Å². The van der Waals surface area contributed by atoms with Gasteiger partial charge in [-0.3, -0.25) is 0 Å². The second-order valence-corrected chi connectivity index (χ2v) is 6.79. The van der Waals surface area contributed by atoms with Gasteiger partial charge in [-0.15, -0.1) is 11.3 Å². The van der Waals surface area contributed by atoms with Gasteiger partial charge in [-0.05, 0) is 36.1 Å². The van der Waals surface area contributed by atoms with E-state index in [1.807, 2.05) is 24.4 Å². The number of hydrogen-bond acceptors (Lipinski definition) is 9. The Morgan fingerprint density at radius 3 is 2.96 bits per heavy atom. The molecule has 1 aromatic carbocycles. The summed E-state index contributed by atoms with van der Waals surface area (Å²) in [6.45, 7) is 1.36. The fourth-order valence-corrected chi connectivity index (χ4v) is 3.19. The Hall–Kier alpha value is -3.46. The highest BCUT2D eigenvalue weighted by Crippen LogP contribution is 2.23. The highest BCUT2D eigenvalue weighted by Gasteiger charge is 2.12. The van der Waals surface area contributed by atoms with Crippen LogP contribution in [0.5, 0.6) is 5.75 Å². The van der Waals surface area contributed by atoms with Crippen LogP contribution in [-0.4, -0.2) is 22.7 Å². The van der Waals surface area contributed by atoms with Gasteiger partial charge in [-0.25, -0.2) is 9.59 Å². The van der Waals surface area contributed by atoms with Gasteiger partial charge in [0.2, 0.25) is 5.82 Å². The van der Waals surface area contributed by atoms with E-state index in [-0.39, 0.29) is 19.1 Å². The van der Waals surface area contributed by atoms with Crippen molar-refractivity contribution in [2.75, 3.05) is 6.61 Å². The van der Waals surface area contributed by atoms with Crippen LogP contribution >= 0.6 is 11.3 Å². The summed E-state index contributed by atoms with van der Waals surface area (Å²) in [6.07, 6.45) is 0. The second kappa shape index (κ2) is 7.65. The maximum atomic E-state index is 11.9. The lowest BCUT2D eigenvalue weighted by molar-refractivity contribution is -0.148. The average Bonchev–Trinajstić information content (AvgIpc) is 3.35. The van der Waals surface area contributed by atoms with Crippen LogP contribution in [0.25, 0.3) is 21.7 Å². The van der Waals surface area contributed by atoms with E-state index < -0.39 is 11.6 Å². The Balaban J connectivity index is 1.33. The molecule has 28 heavy (non-hydrogen) atoms. The molecule has 0 atom stereocenters. The van der Waals surface area contributed by atoms with Gasteiger partial charge in [0.25, 0.3) is 5.89 Å². The number of esters is 1. The highest BCUT2D eigenvalue weighted by molar-refractivity contribution is 7.13. The number of ether oxygens (including phenoxy) is 2. The average molecular weight is 398 g/mol. The van der Waals surface area contributed by atoms with Crippen molar-refractivity contribution < 1.29 is 23.2 Å². The summed E-state index contributed by atoms with van der Waals surface area (Å²) in [4.78, 5) is 28.4. The lowest BCUT2D eigenvalue weighted by Crippen LogP contribution is -2.14. The first-order valence-corrected chi connectivity index (χ1v) is 9.16. The van der Waals surface area contributed by atoms with E-state index in [2.05, 4.69) is 10.1 Å². The molecular formula is C19H14N2O6S. The zero-order chi connectivity index (χ0) is 19.5. The molecule has 3 aromatic heterocycles. The van der Waals surface area contributed by atoms with Crippen molar-refractivity contribution in [3.05, 3.63) is 63.7 Å². The highest BCUT2D eigenvalue weighted by atomic mass is 32.1. The van der Waals surface area contributed by atoms with Crippen LogP contribution < -0.4 is 10.4 Å². The predicted octanol–water partition coefficient (Wildman–Crippen LogP) is 3.34. The number of aryl methyl sites for hydroxylation is 1. The molecule has 0 radical (unpaired) electrons. The number of fused-ring (bicyclic) bond motifs is 1. The molecule has 0 saturated heterocycles. The quantitative estimate of drug-likeness (QED) is 0.360. The zero-order valence-corrected chi connectivity index (χ0v) is 15.5. The van der Waals surface area contributed by atoms with Crippen LogP contribution in [-0.2, 0) is 16.1 Å². The third-order valence-electron chi connectivity index (χ3n) is 3.85. The van der Waals surface area contributed by atoms with Crippen LogP contribution in [0.2, 0.25) is 0 Å². The molecule has 4 aromatic rings. The summed E-state index contributed by atoms with van der Waals surface area (Å²) < 4.78 is 20.7. The van der Waals surface area contributed by atoms with Crippen molar-refractivity contribution in [3.63, 3.8) is 0 Å². The van der Waals surface area contributed by atoms with Gasteiger partial charge in [0.05, 0.1) is 4.88 Å². The van der Waals surface area contributed by atoms with Crippen molar-refractivity contribution in [1.82, 2.24) is 10.1 Å². The standard InChI is InChI=1S/C19H14N2O6S/c1-11-7-17(22)26-14-8-12(4-5-13(11)14)24-10-18(23)25-9-16-20-19(21-27-16)15-3-2-6-28-15/h2-8H,9-10H2,1H3. The molecule has 0 spiro atoms. The molecule has 142 valence electrons. The van der Waals surface area contributed by atoms with Gasteiger partial charge in [-0.1, -0.05) is 11.2 Å². The van der Waals surface area contributed by atoms with Crippen molar-refractivity contribution >= 4 is 28.3 Å². The topological polar surface area (TPSA) is 105 Å². The minimum Gasteiger partial charge on any atom is -0.482 e. The summed E-state index contributed by atoms with van der Waals surface area (Å²) in [5.41, 5.74) is 0.754. The van der Waals surface area contributed by atoms with Gasteiger partial charge in [0.1, 0.15) is 11.3 Å². The molecule has 0 amide bonds. The van der Waals surface area contributed by atoms with Gasteiger partial charge in [0, 0.05) is 17.5 Å². The molecule has 0 bridgehead atoms. The van der Waals surface area contributed by atoms with E-state index in [0.29, 0.717) is 17.2 Å². The number of hydrogen-bond donors (Lipinski definition) is 0. The number of benzene rings is 1. The molecule has 9 heteroatoms. The fourth-order valence-electron chi connectivity index (χ4n) is 2.54. The van der Waals surface area contributed by atoms with E-state index >= 15 is 0 Å². The van der Waals surface area contributed by atoms with E-state index in [1.54, 1.807) is 18.2 Å². The van der Waals surface area contributed by atoms with E-state index in [1.165, 1.54) is 17.4 Å². The normalized spacial score (nSPS) is 10.9. The molecule has 0 unspecified atom stereocenters. The predicted molar refractivity (Wildman–Crippen MR) is 100 cm³/mol. The molecule has 3 heterocycles. The van der Waals surface area contributed by atoms with Gasteiger partial charge >= 0.3 is 11.6 Å². The summed E-state index contributed by atoms with van der Waals surface area (Å²) in [7, 11) is 0. The monoisotopic (exact) mass is 398 g/mol. The largest absolute Gasteiger partial charge is 0.482 e. The van der Waals surface area contributed by atoms with Crippen LogP contribution in [0, 0.1) is 6.92 Å². The number of rotatable bonds is 6. The fraction of sp³-hybridized carbons (Fsp3) is 0.158. The molecular weight excluding hydrogens is 384 g/mol. The van der Waals surface area contributed by atoms with Crippen molar-refractivity contribution in [3.8, 4) is 16.5 Å². The Bertz CT molecular complexity index is 1180. The maximum Gasteiger partial charge on any atom is 0.344 e. The van der Waals surface area contributed by atoms with Gasteiger partial charge in [-0.2, -0.15) is 4.98 Å². The van der Waals surface area contributed by atoms with Crippen LogP contribution in [0.3, 0.4) is 0 Å². The minimum atomic E-state index is -0.596. The number of carbonyl (C=O) groups excluding carboxylic acids is 1. The third kappa shape index (κ3) is 3.94. The number of thiophene rings is 1. The van der Waals surface area contributed by atoms with E-state index in [0.717, 1.165) is 15.8 Å². The molecule has 0 N–H and O–H groups in total. The molecule has 0 fully saturated rings. The first-order valence-electron chi connectivity index (χ1n) is 8.28. The Morgan fingerprint density at radius 1 is 1.25 bits per heavy atom. The van der Waals surface area contributed by atoms with Gasteiger partial charge in [0.15, 0.2) is 13.2 Å². The Morgan fingerprint density at radius 2 is 2.14 bits per heavy atom. The molecule has 0 aliphatic heterocycles. The van der Waals surface area contributed by atoms with Crippen LogP contribution in [0.4, 0.5) is 0 Å². The summed E-state index contributed by atoms with van der Waals surface area (Å²) >= 11 is 1.48. The van der Waals surface area contributed by atoms with Crippen molar-refractivity contribution in [2.45, 2.75) is 13.5 Å². The van der Waals surface area contributed by atoms with Crippen LogP contribution in [0.1, 0.15) is 11.5 Å². The van der Waals surface area contributed by atoms with Crippen LogP contribution in [0.15, 0.2) is 55.5 Å². The Labute approximate surface area is 162 Å². The number of nitrogens with zero attached hydrogens (tertiary/aromatic N) is 2. The second-order valence-electron chi connectivity index (χ2n) is 5.84. The van der Waals surface area contributed by atoms with Crippen molar-refractivity contribution in [1.29, 1.82) is 0 Å². The molecule has 0 aliphatic carbocycles. The van der Waals surface area contributed by atoms with Gasteiger partial charge < -0.3 is 18.4 Å². The number of aromatic nitrogens is 2.